The van der Waals surface area contributed by atoms with Crippen LogP contribution in [0.25, 0.3) is 0 Å². The molecule has 0 bridgehead atoms. The van der Waals surface area contributed by atoms with E-state index in [-0.39, 0.29) is 0 Å². The first-order valence-corrected chi connectivity index (χ1v) is 6.02. The molecule has 1 aromatic heterocycles. The minimum atomic E-state index is -0.434. The Morgan fingerprint density at radius 2 is 2.53 bits per heavy atom. The second kappa shape index (κ2) is 4.53. The molecule has 0 aromatic carbocycles. The number of hydrogen-bond acceptors (Lipinski definition) is 4. The third kappa shape index (κ3) is 2.41. The highest BCUT2D eigenvalue weighted by Crippen LogP contribution is 2.21. The van der Waals surface area contributed by atoms with Gasteiger partial charge in [0.1, 0.15) is 5.82 Å². The molecule has 0 unspecified atom stereocenters. The molecule has 0 radical (unpaired) electrons. The predicted octanol–water partition coefficient (Wildman–Crippen LogP) is 1.10. The lowest BCUT2D eigenvalue weighted by Crippen LogP contribution is -2.22. The fourth-order valence-electron chi connectivity index (χ4n) is 1.56. The topological polar surface area (TPSA) is 68.0 Å². The maximum Gasteiger partial charge on any atom is 0.252 e. The van der Waals surface area contributed by atoms with E-state index < -0.39 is 5.91 Å². The monoisotopic (exact) mass is 223 g/mol. The minimum Gasteiger partial charge on any atom is -0.366 e. The van der Waals surface area contributed by atoms with Gasteiger partial charge in [0.05, 0.1) is 5.56 Å². The minimum absolute atomic E-state index is 0.406. The molecule has 0 spiro atoms. The van der Waals surface area contributed by atoms with E-state index in [1.165, 1.54) is 0 Å². The van der Waals surface area contributed by atoms with Crippen molar-refractivity contribution in [2.24, 2.45) is 5.73 Å². The van der Waals surface area contributed by atoms with Gasteiger partial charge < -0.3 is 11.1 Å². The van der Waals surface area contributed by atoms with Crippen molar-refractivity contribution >= 4 is 23.5 Å². The number of aromatic nitrogens is 1. The summed E-state index contributed by atoms with van der Waals surface area (Å²) >= 11 is 1.91. The first kappa shape index (κ1) is 10.3. The zero-order valence-electron chi connectivity index (χ0n) is 8.27. The summed E-state index contributed by atoms with van der Waals surface area (Å²) in [6, 6.07) is 3.82. The van der Waals surface area contributed by atoms with Crippen molar-refractivity contribution < 1.29 is 4.79 Å². The van der Waals surface area contributed by atoms with Crippen molar-refractivity contribution in [2.75, 3.05) is 16.8 Å². The van der Waals surface area contributed by atoms with Crippen molar-refractivity contribution in [1.82, 2.24) is 4.98 Å². The molecule has 3 N–H and O–H groups in total. The number of rotatable bonds is 3. The molecule has 1 saturated heterocycles. The van der Waals surface area contributed by atoms with E-state index in [0.717, 1.165) is 17.9 Å². The van der Waals surface area contributed by atoms with E-state index in [1.807, 2.05) is 11.8 Å². The van der Waals surface area contributed by atoms with Crippen molar-refractivity contribution in [2.45, 2.75) is 12.5 Å². The number of primary amides is 1. The van der Waals surface area contributed by atoms with Gasteiger partial charge in [-0.15, -0.1) is 0 Å². The average molecular weight is 223 g/mol. The van der Waals surface area contributed by atoms with E-state index in [9.17, 15) is 4.79 Å². The van der Waals surface area contributed by atoms with Crippen LogP contribution in [0.1, 0.15) is 16.8 Å². The fourth-order valence-corrected chi connectivity index (χ4v) is 2.71. The molecule has 2 heterocycles. The lowest BCUT2D eigenvalue weighted by molar-refractivity contribution is 0.100. The Balaban J connectivity index is 2.15. The number of anilines is 1. The van der Waals surface area contributed by atoms with Crippen LogP contribution in [0.2, 0.25) is 0 Å². The number of hydrogen-bond donors (Lipinski definition) is 2. The first-order chi connectivity index (χ1) is 7.27. The fraction of sp³-hybridized carbons (Fsp3) is 0.400. The SMILES string of the molecule is NC(=O)c1cccnc1N[C@H]1CCSC1. The van der Waals surface area contributed by atoms with E-state index in [2.05, 4.69) is 10.3 Å². The Morgan fingerprint density at radius 1 is 1.67 bits per heavy atom. The van der Waals surface area contributed by atoms with E-state index in [0.29, 0.717) is 17.4 Å². The van der Waals surface area contributed by atoms with Crippen LogP contribution < -0.4 is 11.1 Å². The van der Waals surface area contributed by atoms with Gasteiger partial charge in [0.15, 0.2) is 0 Å². The highest BCUT2D eigenvalue weighted by Gasteiger charge is 2.17. The van der Waals surface area contributed by atoms with Crippen LogP contribution in [0, 0.1) is 0 Å². The van der Waals surface area contributed by atoms with E-state index >= 15 is 0 Å². The van der Waals surface area contributed by atoms with Crippen LogP contribution in [-0.4, -0.2) is 28.4 Å². The number of nitrogens with two attached hydrogens (primary N) is 1. The van der Waals surface area contributed by atoms with Crippen molar-refractivity contribution in [3.8, 4) is 0 Å². The molecule has 1 atom stereocenters. The zero-order chi connectivity index (χ0) is 10.7. The second-order valence-electron chi connectivity index (χ2n) is 3.47. The summed E-state index contributed by atoms with van der Waals surface area (Å²) in [5, 5.41) is 3.26. The molecule has 2 rings (SSSR count). The molecule has 4 nitrogen and oxygen atoms in total. The van der Waals surface area contributed by atoms with E-state index in [1.54, 1.807) is 18.3 Å². The van der Waals surface area contributed by atoms with Gasteiger partial charge in [0.25, 0.3) is 5.91 Å². The Kier molecular flexibility index (Phi) is 3.11. The van der Waals surface area contributed by atoms with Crippen LogP contribution in [0.5, 0.6) is 0 Å². The van der Waals surface area contributed by atoms with Gasteiger partial charge in [-0.1, -0.05) is 0 Å². The molecule has 5 heteroatoms. The molecule has 1 fully saturated rings. The quantitative estimate of drug-likeness (QED) is 0.805. The number of pyridine rings is 1. The van der Waals surface area contributed by atoms with Gasteiger partial charge in [-0.3, -0.25) is 4.79 Å². The number of nitrogens with zero attached hydrogens (tertiary/aromatic N) is 1. The molecule has 80 valence electrons. The largest absolute Gasteiger partial charge is 0.366 e. The summed E-state index contributed by atoms with van der Waals surface area (Å²) in [6.07, 6.45) is 2.77. The molecular formula is C10H13N3OS. The lowest BCUT2D eigenvalue weighted by atomic mass is 10.2. The number of thioether (sulfide) groups is 1. The van der Waals surface area contributed by atoms with Gasteiger partial charge in [-0.25, -0.2) is 4.98 Å². The molecular weight excluding hydrogens is 210 g/mol. The number of carbonyl (C=O) groups excluding carboxylic acids is 1. The molecule has 0 saturated carbocycles. The van der Waals surface area contributed by atoms with Crippen molar-refractivity contribution in [1.29, 1.82) is 0 Å². The zero-order valence-corrected chi connectivity index (χ0v) is 9.09. The molecule has 1 aliphatic rings. The van der Waals surface area contributed by atoms with Gasteiger partial charge in [-0.2, -0.15) is 11.8 Å². The highest BCUT2D eigenvalue weighted by molar-refractivity contribution is 7.99. The number of nitrogens with one attached hydrogen (secondary N) is 1. The molecule has 0 aliphatic carbocycles. The van der Waals surface area contributed by atoms with Gasteiger partial charge in [0.2, 0.25) is 0 Å². The highest BCUT2D eigenvalue weighted by atomic mass is 32.2. The molecule has 1 amide bonds. The maximum absolute atomic E-state index is 11.1. The third-order valence-electron chi connectivity index (χ3n) is 2.34. The molecule has 15 heavy (non-hydrogen) atoms. The smallest absolute Gasteiger partial charge is 0.252 e. The Bertz CT molecular complexity index is 363. The van der Waals surface area contributed by atoms with Crippen LogP contribution in [-0.2, 0) is 0 Å². The summed E-state index contributed by atoms with van der Waals surface area (Å²) in [4.78, 5) is 15.3. The number of carbonyl (C=O) groups is 1. The normalized spacial score (nSPS) is 20.1. The Morgan fingerprint density at radius 3 is 3.20 bits per heavy atom. The first-order valence-electron chi connectivity index (χ1n) is 4.86. The second-order valence-corrected chi connectivity index (χ2v) is 4.62. The summed E-state index contributed by atoms with van der Waals surface area (Å²) in [7, 11) is 0. The van der Waals surface area contributed by atoms with Gasteiger partial charge in [0, 0.05) is 18.0 Å². The van der Waals surface area contributed by atoms with Crippen LogP contribution in [0.3, 0.4) is 0 Å². The van der Waals surface area contributed by atoms with Gasteiger partial charge in [-0.05, 0) is 24.3 Å². The van der Waals surface area contributed by atoms with Crippen LogP contribution in [0.15, 0.2) is 18.3 Å². The predicted molar refractivity (Wildman–Crippen MR) is 62.1 cm³/mol. The van der Waals surface area contributed by atoms with Crippen LogP contribution in [0.4, 0.5) is 5.82 Å². The molecule has 1 aromatic rings. The Hall–Kier alpha value is -1.23. The Labute approximate surface area is 92.6 Å². The summed E-state index contributed by atoms with van der Waals surface area (Å²) in [5.41, 5.74) is 5.73. The summed E-state index contributed by atoms with van der Waals surface area (Å²) in [6.45, 7) is 0. The summed E-state index contributed by atoms with van der Waals surface area (Å²) < 4.78 is 0. The molecule has 1 aliphatic heterocycles. The maximum atomic E-state index is 11.1. The standard InChI is InChI=1S/C10H13N3OS/c11-9(14)8-2-1-4-12-10(8)13-7-3-5-15-6-7/h1-2,4,7H,3,5-6H2,(H2,11,14)(H,12,13)/t7-/m0/s1. The van der Waals surface area contributed by atoms with Crippen LogP contribution >= 0.6 is 11.8 Å². The summed E-state index contributed by atoms with van der Waals surface area (Å²) in [5.74, 6) is 2.40. The average Bonchev–Trinajstić information content (AvgIpc) is 2.71. The van der Waals surface area contributed by atoms with E-state index in [4.69, 9.17) is 5.73 Å². The lowest BCUT2D eigenvalue weighted by Gasteiger charge is -2.13. The van der Waals surface area contributed by atoms with Crippen molar-refractivity contribution in [3.63, 3.8) is 0 Å². The van der Waals surface area contributed by atoms with Gasteiger partial charge >= 0.3 is 0 Å². The third-order valence-corrected chi connectivity index (χ3v) is 3.51. The van der Waals surface area contributed by atoms with Crippen molar-refractivity contribution in [3.05, 3.63) is 23.9 Å². The number of amides is 1.